The molecule has 0 radical (unpaired) electrons. The van der Waals surface area contributed by atoms with Gasteiger partial charge in [-0.3, -0.25) is 0 Å². The Balaban J connectivity index is 2.34. The molecule has 0 fully saturated rings. The third-order valence-corrected chi connectivity index (χ3v) is 3.14. The fraction of sp³-hybridized carbons (Fsp3) is 0.182. The van der Waals surface area contributed by atoms with Crippen LogP contribution in [-0.4, -0.2) is 0 Å². The number of hydrogen-bond acceptors (Lipinski definition) is 2. The van der Waals surface area contributed by atoms with E-state index < -0.39 is 0 Å². The average Bonchev–Trinajstić information content (AvgIpc) is 2.57. The summed E-state index contributed by atoms with van der Waals surface area (Å²) in [5, 5.41) is 9.75. The Kier molecular flexibility index (Phi) is 2.29. The summed E-state index contributed by atoms with van der Waals surface area (Å²) in [4.78, 5) is 1.31. The van der Waals surface area contributed by atoms with Crippen LogP contribution in [0.5, 0.6) is 0 Å². The summed E-state index contributed by atoms with van der Waals surface area (Å²) in [5.41, 5.74) is 0. The molecule has 2 heteroatoms. The van der Waals surface area contributed by atoms with Crippen LogP contribution in [-0.2, 0) is 6.42 Å². The van der Waals surface area contributed by atoms with Gasteiger partial charge in [-0.2, -0.15) is 5.26 Å². The van der Waals surface area contributed by atoms with Gasteiger partial charge in [0.05, 0.1) is 6.07 Å². The Hall–Kier alpha value is -1.33. The third-order valence-electron chi connectivity index (χ3n) is 1.96. The van der Waals surface area contributed by atoms with Gasteiger partial charge in [0.1, 0.15) is 0 Å². The molecule has 13 heavy (non-hydrogen) atoms. The fourth-order valence-electron chi connectivity index (χ4n) is 1.34. The number of thiophene rings is 1. The van der Waals surface area contributed by atoms with E-state index in [1.54, 1.807) is 11.3 Å². The standard InChI is InChI=1S/C11H9NS/c12-7-3-5-10-8-9-4-1-2-6-11(9)13-10/h1-2,4,6,8H,3,5H2. The van der Waals surface area contributed by atoms with Gasteiger partial charge < -0.3 is 0 Å². The first-order chi connectivity index (χ1) is 6.40. The highest BCUT2D eigenvalue weighted by molar-refractivity contribution is 7.19. The van der Waals surface area contributed by atoms with E-state index in [1.807, 2.05) is 12.1 Å². The minimum Gasteiger partial charge on any atom is -0.198 e. The molecule has 0 atom stereocenters. The molecule has 0 aliphatic heterocycles. The second-order valence-electron chi connectivity index (χ2n) is 2.91. The van der Waals surface area contributed by atoms with Crippen molar-refractivity contribution < 1.29 is 0 Å². The SMILES string of the molecule is N#CCCc1cc2ccccc2s1. The minimum absolute atomic E-state index is 0.618. The van der Waals surface area contributed by atoms with Crippen molar-refractivity contribution in [2.75, 3.05) is 0 Å². The van der Waals surface area contributed by atoms with Crippen molar-refractivity contribution in [3.63, 3.8) is 0 Å². The predicted octanol–water partition coefficient (Wildman–Crippen LogP) is 3.36. The highest BCUT2D eigenvalue weighted by atomic mass is 32.1. The smallest absolute Gasteiger partial charge is 0.0625 e. The summed E-state index contributed by atoms with van der Waals surface area (Å²) in [7, 11) is 0. The van der Waals surface area contributed by atoms with E-state index in [4.69, 9.17) is 5.26 Å². The van der Waals surface area contributed by atoms with Gasteiger partial charge in [0.15, 0.2) is 0 Å². The maximum atomic E-state index is 8.46. The molecule has 0 bridgehead atoms. The maximum Gasteiger partial charge on any atom is 0.0625 e. The van der Waals surface area contributed by atoms with Gasteiger partial charge in [-0.05, 0) is 23.9 Å². The molecule has 0 saturated heterocycles. The van der Waals surface area contributed by atoms with Crippen LogP contribution in [0.15, 0.2) is 30.3 Å². The van der Waals surface area contributed by atoms with Gasteiger partial charge in [0.2, 0.25) is 0 Å². The molecule has 2 aromatic rings. The molecule has 2 rings (SSSR count). The molecule has 64 valence electrons. The lowest BCUT2D eigenvalue weighted by molar-refractivity contribution is 1.04. The van der Waals surface area contributed by atoms with Gasteiger partial charge in [-0.25, -0.2) is 0 Å². The lowest BCUT2D eigenvalue weighted by atomic mass is 10.2. The Bertz CT molecular complexity index is 417. The molecular formula is C11H9NS. The first kappa shape index (κ1) is 8.28. The van der Waals surface area contributed by atoms with Gasteiger partial charge in [-0.1, -0.05) is 18.2 Å². The highest BCUT2D eigenvalue weighted by Gasteiger charge is 1.99. The largest absolute Gasteiger partial charge is 0.198 e. The number of nitrogens with zero attached hydrogens (tertiary/aromatic N) is 1. The fourth-order valence-corrected chi connectivity index (χ4v) is 2.40. The summed E-state index contributed by atoms with van der Waals surface area (Å²) in [6.45, 7) is 0. The third kappa shape index (κ3) is 1.71. The van der Waals surface area contributed by atoms with Crippen LogP contribution in [0.25, 0.3) is 10.1 Å². The van der Waals surface area contributed by atoms with Crippen molar-refractivity contribution in [3.05, 3.63) is 35.2 Å². The number of benzene rings is 1. The van der Waals surface area contributed by atoms with Crippen molar-refractivity contribution in [1.29, 1.82) is 5.26 Å². The number of nitriles is 1. The summed E-state index contributed by atoms with van der Waals surface area (Å²) < 4.78 is 1.32. The molecule has 1 aromatic heterocycles. The average molecular weight is 187 g/mol. The van der Waals surface area contributed by atoms with Gasteiger partial charge >= 0.3 is 0 Å². The van der Waals surface area contributed by atoms with Crippen molar-refractivity contribution in [3.8, 4) is 6.07 Å². The first-order valence-corrected chi connectivity index (χ1v) is 5.06. The van der Waals surface area contributed by atoms with Gasteiger partial charge in [-0.15, -0.1) is 11.3 Å². The van der Waals surface area contributed by atoms with E-state index in [0.717, 1.165) is 6.42 Å². The van der Waals surface area contributed by atoms with E-state index in [9.17, 15) is 0 Å². The normalized spacial score (nSPS) is 10.1. The molecule has 0 unspecified atom stereocenters. The van der Waals surface area contributed by atoms with Crippen molar-refractivity contribution >= 4 is 21.4 Å². The van der Waals surface area contributed by atoms with Crippen molar-refractivity contribution in [2.45, 2.75) is 12.8 Å². The zero-order chi connectivity index (χ0) is 9.10. The quantitative estimate of drug-likeness (QED) is 0.707. The Morgan fingerprint density at radius 2 is 2.15 bits per heavy atom. The molecule has 1 aromatic carbocycles. The lowest BCUT2D eigenvalue weighted by Crippen LogP contribution is -1.74. The molecule has 0 amide bonds. The van der Waals surface area contributed by atoms with Crippen LogP contribution in [0.2, 0.25) is 0 Å². The Labute approximate surface area is 81.2 Å². The molecule has 1 heterocycles. The minimum atomic E-state index is 0.618. The van der Waals surface area contributed by atoms with Gasteiger partial charge in [0, 0.05) is 16.0 Å². The van der Waals surface area contributed by atoms with Crippen LogP contribution in [0, 0.1) is 11.3 Å². The van der Waals surface area contributed by atoms with Gasteiger partial charge in [0.25, 0.3) is 0 Å². The predicted molar refractivity (Wildman–Crippen MR) is 55.8 cm³/mol. The molecule has 0 aliphatic carbocycles. The number of aryl methyl sites for hydroxylation is 1. The molecular weight excluding hydrogens is 178 g/mol. The molecule has 0 saturated carbocycles. The van der Waals surface area contributed by atoms with Crippen LogP contribution in [0.3, 0.4) is 0 Å². The van der Waals surface area contributed by atoms with Crippen LogP contribution < -0.4 is 0 Å². The second-order valence-corrected chi connectivity index (χ2v) is 4.08. The van der Waals surface area contributed by atoms with Crippen LogP contribution in [0.1, 0.15) is 11.3 Å². The summed E-state index contributed by atoms with van der Waals surface area (Å²) in [6.07, 6.45) is 1.50. The molecule has 0 spiro atoms. The van der Waals surface area contributed by atoms with E-state index in [-0.39, 0.29) is 0 Å². The van der Waals surface area contributed by atoms with E-state index >= 15 is 0 Å². The second kappa shape index (κ2) is 3.59. The zero-order valence-electron chi connectivity index (χ0n) is 7.16. The summed E-state index contributed by atoms with van der Waals surface area (Å²) in [6, 6.07) is 12.7. The van der Waals surface area contributed by atoms with E-state index in [1.165, 1.54) is 15.0 Å². The highest BCUT2D eigenvalue weighted by Crippen LogP contribution is 2.25. The number of hydrogen-bond donors (Lipinski definition) is 0. The Morgan fingerprint density at radius 3 is 2.92 bits per heavy atom. The lowest BCUT2D eigenvalue weighted by Gasteiger charge is -1.84. The van der Waals surface area contributed by atoms with E-state index in [2.05, 4.69) is 24.3 Å². The monoisotopic (exact) mass is 187 g/mol. The van der Waals surface area contributed by atoms with Crippen molar-refractivity contribution in [2.24, 2.45) is 0 Å². The maximum absolute atomic E-state index is 8.46. The zero-order valence-corrected chi connectivity index (χ0v) is 7.97. The molecule has 1 nitrogen and oxygen atoms in total. The van der Waals surface area contributed by atoms with E-state index in [0.29, 0.717) is 6.42 Å². The first-order valence-electron chi connectivity index (χ1n) is 4.24. The topological polar surface area (TPSA) is 23.8 Å². The molecule has 0 aliphatic rings. The number of fused-ring (bicyclic) bond motifs is 1. The van der Waals surface area contributed by atoms with Crippen LogP contribution in [0.4, 0.5) is 0 Å². The summed E-state index contributed by atoms with van der Waals surface area (Å²) >= 11 is 1.79. The van der Waals surface area contributed by atoms with Crippen molar-refractivity contribution in [1.82, 2.24) is 0 Å². The van der Waals surface area contributed by atoms with Crippen LogP contribution >= 0.6 is 11.3 Å². The molecule has 0 N–H and O–H groups in total. The Morgan fingerprint density at radius 1 is 1.31 bits per heavy atom. The summed E-state index contributed by atoms with van der Waals surface area (Å²) in [5.74, 6) is 0. The number of rotatable bonds is 2.